The molecule has 0 bridgehead atoms. The Bertz CT molecular complexity index is 748. The molecule has 2 fully saturated rings. The van der Waals surface area contributed by atoms with E-state index in [4.69, 9.17) is 4.74 Å². The van der Waals surface area contributed by atoms with Gasteiger partial charge >= 0.3 is 5.97 Å². The molecule has 1 aliphatic heterocycles. The van der Waals surface area contributed by atoms with E-state index in [-0.39, 0.29) is 5.97 Å². The molecule has 0 N–H and O–H groups in total. The van der Waals surface area contributed by atoms with E-state index in [2.05, 4.69) is 35.2 Å². The summed E-state index contributed by atoms with van der Waals surface area (Å²) in [4.78, 5) is 14.1. The number of nitrogens with zero attached hydrogens (tertiary/aromatic N) is 1. The van der Waals surface area contributed by atoms with Gasteiger partial charge in [0.05, 0.1) is 12.7 Å². The molecule has 27 heavy (non-hydrogen) atoms. The van der Waals surface area contributed by atoms with E-state index < -0.39 is 0 Å². The van der Waals surface area contributed by atoms with Gasteiger partial charge < -0.3 is 4.74 Å². The summed E-state index contributed by atoms with van der Waals surface area (Å²) >= 11 is 0. The van der Waals surface area contributed by atoms with Gasteiger partial charge in [-0.15, -0.1) is 0 Å². The fourth-order valence-corrected chi connectivity index (χ4v) is 4.55. The van der Waals surface area contributed by atoms with Crippen LogP contribution in [0.2, 0.25) is 0 Å². The zero-order valence-electron chi connectivity index (χ0n) is 16.1. The number of hydrogen-bond donors (Lipinski definition) is 0. The van der Waals surface area contributed by atoms with Crippen LogP contribution < -0.4 is 0 Å². The first kappa shape index (κ1) is 18.2. The second kappa shape index (κ2) is 8.26. The van der Waals surface area contributed by atoms with Gasteiger partial charge in [-0.25, -0.2) is 4.79 Å². The first-order valence-corrected chi connectivity index (χ1v) is 10.2. The molecule has 0 amide bonds. The monoisotopic (exact) mass is 363 g/mol. The molecule has 3 nitrogen and oxygen atoms in total. The Labute approximate surface area is 162 Å². The van der Waals surface area contributed by atoms with Gasteiger partial charge in [-0.05, 0) is 79.8 Å². The molecule has 1 saturated heterocycles. The second-order valence-corrected chi connectivity index (χ2v) is 8.16. The van der Waals surface area contributed by atoms with Crippen LogP contribution in [0.1, 0.15) is 53.1 Å². The third-order valence-electron chi connectivity index (χ3n) is 6.27. The number of benzene rings is 2. The van der Waals surface area contributed by atoms with Crippen molar-refractivity contribution in [3.05, 3.63) is 71.3 Å². The number of piperidine rings is 1. The lowest BCUT2D eigenvalue weighted by Crippen LogP contribution is -2.33. The molecule has 0 radical (unpaired) electrons. The highest BCUT2D eigenvalue weighted by atomic mass is 16.5. The van der Waals surface area contributed by atoms with E-state index in [0.717, 1.165) is 24.3 Å². The average Bonchev–Trinajstić information content (AvgIpc) is 3.49. The molecule has 2 aromatic carbocycles. The Balaban J connectivity index is 1.21. The van der Waals surface area contributed by atoms with Crippen LogP contribution in [-0.2, 0) is 11.3 Å². The summed E-state index contributed by atoms with van der Waals surface area (Å²) in [5.41, 5.74) is 3.43. The topological polar surface area (TPSA) is 29.5 Å². The summed E-state index contributed by atoms with van der Waals surface area (Å²) in [6.07, 6.45) is 5.43. The second-order valence-electron chi connectivity index (χ2n) is 8.16. The van der Waals surface area contributed by atoms with Crippen molar-refractivity contribution in [3.63, 3.8) is 0 Å². The third kappa shape index (κ3) is 4.59. The highest BCUT2D eigenvalue weighted by molar-refractivity contribution is 5.89. The Morgan fingerprint density at radius 3 is 2.41 bits per heavy atom. The first-order chi connectivity index (χ1) is 13.2. The van der Waals surface area contributed by atoms with E-state index in [0.29, 0.717) is 5.56 Å². The van der Waals surface area contributed by atoms with Gasteiger partial charge in [-0.1, -0.05) is 42.5 Å². The maximum absolute atomic E-state index is 11.5. The summed E-state index contributed by atoms with van der Waals surface area (Å²) in [6, 6.07) is 18.9. The van der Waals surface area contributed by atoms with Crippen LogP contribution in [0, 0.1) is 11.8 Å². The number of ether oxygens (including phenoxy) is 1. The molecule has 2 atom stereocenters. The van der Waals surface area contributed by atoms with Crippen LogP contribution in [-0.4, -0.2) is 31.1 Å². The van der Waals surface area contributed by atoms with E-state index in [1.807, 2.05) is 24.3 Å². The summed E-state index contributed by atoms with van der Waals surface area (Å²) in [6.45, 7) is 3.35. The standard InChI is InChI=1S/C24H29NO2/c1-27-24(26)21-9-7-19(8-10-21)17-25-13-11-18(12-14-25)15-22-16-23(22)20-5-3-2-4-6-20/h2-10,18,22-23H,11-17H2,1H3. The lowest BCUT2D eigenvalue weighted by molar-refractivity contribution is 0.0600. The van der Waals surface area contributed by atoms with Crippen molar-refractivity contribution in [3.8, 4) is 0 Å². The van der Waals surface area contributed by atoms with E-state index >= 15 is 0 Å². The average molecular weight is 364 g/mol. The lowest BCUT2D eigenvalue weighted by Gasteiger charge is -2.32. The van der Waals surface area contributed by atoms with Crippen molar-refractivity contribution in [1.29, 1.82) is 0 Å². The minimum Gasteiger partial charge on any atom is -0.465 e. The number of hydrogen-bond acceptors (Lipinski definition) is 3. The van der Waals surface area contributed by atoms with Crippen molar-refractivity contribution in [2.75, 3.05) is 20.2 Å². The molecule has 1 saturated carbocycles. The molecule has 2 aromatic rings. The largest absolute Gasteiger partial charge is 0.465 e. The number of carbonyl (C=O) groups excluding carboxylic acids is 1. The zero-order chi connectivity index (χ0) is 18.6. The predicted octanol–water partition coefficient (Wildman–Crippen LogP) is 4.88. The highest BCUT2D eigenvalue weighted by Crippen LogP contribution is 2.51. The normalized spacial score (nSPS) is 23.1. The Kier molecular flexibility index (Phi) is 5.58. The van der Waals surface area contributed by atoms with Crippen molar-refractivity contribution >= 4 is 5.97 Å². The number of carbonyl (C=O) groups is 1. The Hall–Kier alpha value is -2.13. The summed E-state index contributed by atoms with van der Waals surface area (Å²) in [5.74, 6) is 2.35. The molecule has 1 aliphatic carbocycles. The smallest absolute Gasteiger partial charge is 0.337 e. The third-order valence-corrected chi connectivity index (χ3v) is 6.27. The fraction of sp³-hybridized carbons (Fsp3) is 0.458. The van der Waals surface area contributed by atoms with Crippen LogP contribution in [0.15, 0.2) is 54.6 Å². The fourth-order valence-electron chi connectivity index (χ4n) is 4.55. The number of methoxy groups -OCH3 is 1. The van der Waals surface area contributed by atoms with E-state index in [1.54, 1.807) is 0 Å². The minimum absolute atomic E-state index is 0.267. The maximum Gasteiger partial charge on any atom is 0.337 e. The van der Waals surface area contributed by atoms with Gasteiger partial charge in [0.2, 0.25) is 0 Å². The van der Waals surface area contributed by atoms with Crippen molar-refractivity contribution in [1.82, 2.24) is 4.90 Å². The van der Waals surface area contributed by atoms with Crippen LogP contribution in [0.4, 0.5) is 0 Å². The molecule has 4 rings (SSSR count). The highest BCUT2D eigenvalue weighted by Gasteiger charge is 2.39. The molecule has 142 valence electrons. The van der Waals surface area contributed by atoms with Crippen molar-refractivity contribution in [2.45, 2.75) is 38.1 Å². The molecule has 2 aliphatic rings. The van der Waals surface area contributed by atoms with Crippen LogP contribution in [0.3, 0.4) is 0 Å². The number of rotatable bonds is 6. The molecule has 2 unspecified atom stereocenters. The summed E-state index contributed by atoms with van der Waals surface area (Å²) in [5, 5.41) is 0. The van der Waals surface area contributed by atoms with Gasteiger partial charge in [0.15, 0.2) is 0 Å². The maximum atomic E-state index is 11.5. The van der Waals surface area contributed by atoms with Crippen LogP contribution in [0.5, 0.6) is 0 Å². The molecule has 0 spiro atoms. The van der Waals surface area contributed by atoms with Gasteiger partial charge in [0.1, 0.15) is 0 Å². The number of esters is 1. The Morgan fingerprint density at radius 2 is 1.74 bits per heavy atom. The molecule has 1 heterocycles. The first-order valence-electron chi connectivity index (χ1n) is 10.2. The van der Waals surface area contributed by atoms with Gasteiger partial charge in [-0.2, -0.15) is 0 Å². The van der Waals surface area contributed by atoms with Crippen molar-refractivity contribution < 1.29 is 9.53 Å². The lowest BCUT2D eigenvalue weighted by atomic mass is 9.90. The summed E-state index contributed by atoms with van der Waals surface area (Å²) < 4.78 is 4.76. The SMILES string of the molecule is COC(=O)c1ccc(CN2CCC(CC3CC3c3ccccc3)CC2)cc1. The quantitative estimate of drug-likeness (QED) is 0.685. The number of likely N-dealkylation sites (tertiary alicyclic amines) is 1. The Morgan fingerprint density at radius 1 is 1.04 bits per heavy atom. The van der Waals surface area contributed by atoms with Gasteiger partial charge in [-0.3, -0.25) is 4.90 Å². The zero-order valence-corrected chi connectivity index (χ0v) is 16.1. The minimum atomic E-state index is -0.267. The van der Waals surface area contributed by atoms with Crippen LogP contribution in [0.25, 0.3) is 0 Å². The van der Waals surface area contributed by atoms with Gasteiger partial charge in [0, 0.05) is 6.54 Å². The summed E-state index contributed by atoms with van der Waals surface area (Å²) in [7, 11) is 1.42. The molecular formula is C24H29NO2. The van der Waals surface area contributed by atoms with Crippen molar-refractivity contribution in [2.24, 2.45) is 11.8 Å². The molecule has 3 heteroatoms. The predicted molar refractivity (Wildman–Crippen MR) is 108 cm³/mol. The molecule has 0 aromatic heterocycles. The van der Waals surface area contributed by atoms with Gasteiger partial charge in [0.25, 0.3) is 0 Å². The van der Waals surface area contributed by atoms with Crippen LogP contribution >= 0.6 is 0 Å². The van der Waals surface area contributed by atoms with E-state index in [1.165, 1.54) is 57.0 Å². The molecular weight excluding hydrogens is 334 g/mol. The van der Waals surface area contributed by atoms with E-state index in [9.17, 15) is 4.79 Å².